The van der Waals surface area contributed by atoms with Crippen LogP contribution in [0.15, 0.2) is 24.3 Å². The summed E-state index contributed by atoms with van der Waals surface area (Å²) in [5.41, 5.74) is 1.75. The van der Waals surface area contributed by atoms with E-state index in [1.165, 1.54) is 32.8 Å². The minimum atomic E-state index is -0.449. The summed E-state index contributed by atoms with van der Waals surface area (Å²) in [5.74, 6) is 0. The maximum Gasteiger partial charge on any atom is 0.411 e. The molecule has 1 amide bonds. The summed E-state index contributed by atoms with van der Waals surface area (Å²) >= 11 is 0. The molecule has 4 nitrogen and oxygen atoms in total. The summed E-state index contributed by atoms with van der Waals surface area (Å²) in [6, 6.07) is 7.62. The van der Waals surface area contributed by atoms with Crippen molar-refractivity contribution in [2.24, 2.45) is 0 Å². The molecule has 18 heavy (non-hydrogen) atoms. The first-order chi connectivity index (χ1) is 8.76. The quantitative estimate of drug-likeness (QED) is 0.722. The van der Waals surface area contributed by atoms with Gasteiger partial charge in [-0.2, -0.15) is 0 Å². The number of unbranched alkanes of at least 4 members (excludes halogenated alkanes) is 3. The Bertz CT molecular complexity index is 367. The molecule has 0 fully saturated rings. The van der Waals surface area contributed by atoms with E-state index in [9.17, 15) is 4.79 Å². The van der Waals surface area contributed by atoms with Gasteiger partial charge in [-0.05, 0) is 24.6 Å². The molecule has 1 aromatic rings. The molecule has 2 N–H and O–H groups in total. The number of nitrogens with one attached hydrogen (secondary N) is 2. The van der Waals surface area contributed by atoms with Gasteiger partial charge in [-0.1, -0.05) is 32.3 Å². The van der Waals surface area contributed by atoms with Crippen molar-refractivity contribution in [3.8, 4) is 0 Å². The fourth-order valence-electron chi connectivity index (χ4n) is 1.66. The second-order valence-corrected chi connectivity index (χ2v) is 4.18. The first-order valence-corrected chi connectivity index (χ1v) is 6.45. The number of hydrogen-bond donors (Lipinski definition) is 2. The third kappa shape index (κ3) is 5.57. The third-order valence-electron chi connectivity index (χ3n) is 2.65. The molecule has 0 unspecified atom stereocenters. The average molecular weight is 250 g/mol. The Morgan fingerprint density at radius 1 is 1.22 bits per heavy atom. The van der Waals surface area contributed by atoms with Crippen molar-refractivity contribution in [2.75, 3.05) is 24.3 Å². The van der Waals surface area contributed by atoms with Gasteiger partial charge in [-0.3, -0.25) is 5.32 Å². The lowest BCUT2D eigenvalue weighted by Crippen LogP contribution is -2.11. The fraction of sp³-hybridized carbons (Fsp3) is 0.500. The van der Waals surface area contributed by atoms with E-state index in [2.05, 4.69) is 22.3 Å². The number of ether oxygens (including phenoxy) is 1. The van der Waals surface area contributed by atoms with E-state index in [-0.39, 0.29) is 0 Å². The van der Waals surface area contributed by atoms with Crippen LogP contribution in [0.4, 0.5) is 16.2 Å². The zero-order valence-corrected chi connectivity index (χ0v) is 11.2. The van der Waals surface area contributed by atoms with Gasteiger partial charge in [0, 0.05) is 17.9 Å². The van der Waals surface area contributed by atoms with Crippen LogP contribution in [0.1, 0.15) is 32.6 Å². The lowest BCUT2D eigenvalue weighted by atomic mass is 10.2. The lowest BCUT2D eigenvalue weighted by Gasteiger charge is -2.08. The molecule has 4 heteroatoms. The zero-order valence-electron chi connectivity index (χ0n) is 11.2. The maximum atomic E-state index is 11.1. The van der Waals surface area contributed by atoms with Crippen LogP contribution in [0.3, 0.4) is 0 Å². The number of anilines is 2. The van der Waals surface area contributed by atoms with Gasteiger partial charge in [0.25, 0.3) is 0 Å². The molecule has 0 atom stereocenters. The van der Waals surface area contributed by atoms with Crippen LogP contribution in [0.2, 0.25) is 0 Å². The summed E-state index contributed by atoms with van der Waals surface area (Å²) < 4.78 is 4.55. The topological polar surface area (TPSA) is 50.4 Å². The van der Waals surface area contributed by atoms with Crippen molar-refractivity contribution >= 4 is 17.5 Å². The average Bonchev–Trinajstić information content (AvgIpc) is 2.39. The summed E-state index contributed by atoms with van der Waals surface area (Å²) in [7, 11) is 1.35. The van der Waals surface area contributed by atoms with Crippen LogP contribution >= 0.6 is 0 Å². The molecule has 100 valence electrons. The van der Waals surface area contributed by atoms with Gasteiger partial charge in [0.2, 0.25) is 0 Å². The van der Waals surface area contributed by atoms with E-state index in [1.807, 2.05) is 24.3 Å². The number of amides is 1. The molecule has 0 spiro atoms. The molecule has 0 aliphatic carbocycles. The predicted octanol–water partition coefficient (Wildman–Crippen LogP) is 3.86. The minimum Gasteiger partial charge on any atom is -0.453 e. The van der Waals surface area contributed by atoms with Gasteiger partial charge < -0.3 is 10.1 Å². The number of rotatable bonds is 7. The number of carbonyl (C=O) groups is 1. The normalized spacial score (nSPS) is 9.89. The Kier molecular flexibility index (Phi) is 6.69. The monoisotopic (exact) mass is 250 g/mol. The van der Waals surface area contributed by atoms with E-state index in [1.54, 1.807) is 0 Å². The molecular formula is C14H22N2O2. The Balaban J connectivity index is 2.37. The molecule has 1 aromatic carbocycles. The highest BCUT2D eigenvalue weighted by Crippen LogP contribution is 2.15. The van der Waals surface area contributed by atoms with Crippen LogP contribution in [0.25, 0.3) is 0 Å². The molecule has 0 saturated carbocycles. The van der Waals surface area contributed by atoms with Gasteiger partial charge in [0.1, 0.15) is 0 Å². The zero-order chi connectivity index (χ0) is 13.2. The van der Waals surface area contributed by atoms with Gasteiger partial charge in [0.05, 0.1) is 7.11 Å². The van der Waals surface area contributed by atoms with Crippen molar-refractivity contribution in [1.29, 1.82) is 0 Å². The number of benzene rings is 1. The maximum absolute atomic E-state index is 11.1. The highest BCUT2D eigenvalue weighted by molar-refractivity contribution is 5.85. The van der Waals surface area contributed by atoms with Crippen LogP contribution in [-0.4, -0.2) is 19.7 Å². The van der Waals surface area contributed by atoms with Gasteiger partial charge >= 0.3 is 6.09 Å². The molecule has 0 saturated heterocycles. The van der Waals surface area contributed by atoms with E-state index in [0.29, 0.717) is 0 Å². The van der Waals surface area contributed by atoms with Crippen LogP contribution in [-0.2, 0) is 4.74 Å². The second kappa shape index (κ2) is 8.39. The standard InChI is InChI=1S/C14H22N2O2/c1-3-4-5-6-10-15-12-8-7-9-13(11-12)16-14(17)18-2/h7-9,11,15H,3-6,10H2,1-2H3,(H,16,17). The second-order valence-electron chi connectivity index (χ2n) is 4.18. The van der Waals surface area contributed by atoms with Crippen LogP contribution in [0, 0.1) is 0 Å². The predicted molar refractivity (Wildman–Crippen MR) is 75.1 cm³/mol. The van der Waals surface area contributed by atoms with Crippen LogP contribution < -0.4 is 10.6 Å². The number of carbonyl (C=O) groups excluding carboxylic acids is 1. The smallest absolute Gasteiger partial charge is 0.411 e. The van der Waals surface area contributed by atoms with Crippen molar-refractivity contribution in [2.45, 2.75) is 32.6 Å². The fourth-order valence-corrected chi connectivity index (χ4v) is 1.66. The van der Waals surface area contributed by atoms with Crippen molar-refractivity contribution in [3.05, 3.63) is 24.3 Å². The molecule has 1 rings (SSSR count). The van der Waals surface area contributed by atoms with Crippen molar-refractivity contribution in [1.82, 2.24) is 0 Å². The van der Waals surface area contributed by atoms with Crippen molar-refractivity contribution in [3.63, 3.8) is 0 Å². The first-order valence-electron chi connectivity index (χ1n) is 6.45. The molecule has 0 bridgehead atoms. The molecule has 0 heterocycles. The summed E-state index contributed by atoms with van der Waals surface area (Å²) in [6.45, 7) is 3.16. The van der Waals surface area contributed by atoms with Gasteiger partial charge in [0.15, 0.2) is 0 Å². The van der Waals surface area contributed by atoms with E-state index < -0.39 is 6.09 Å². The van der Waals surface area contributed by atoms with Crippen molar-refractivity contribution < 1.29 is 9.53 Å². The number of hydrogen-bond acceptors (Lipinski definition) is 3. The Morgan fingerprint density at radius 3 is 2.72 bits per heavy atom. The Morgan fingerprint density at radius 2 is 2.00 bits per heavy atom. The first kappa shape index (κ1) is 14.4. The minimum absolute atomic E-state index is 0.449. The lowest BCUT2D eigenvalue weighted by molar-refractivity contribution is 0.187. The number of methoxy groups -OCH3 is 1. The SMILES string of the molecule is CCCCCCNc1cccc(NC(=O)OC)c1. The molecule has 0 aliphatic rings. The van der Waals surface area contributed by atoms with Gasteiger partial charge in [-0.15, -0.1) is 0 Å². The van der Waals surface area contributed by atoms with E-state index in [0.717, 1.165) is 17.9 Å². The third-order valence-corrected chi connectivity index (χ3v) is 2.65. The molecular weight excluding hydrogens is 228 g/mol. The van der Waals surface area contributed by atoms with E-state index in [4.69, 9.17) is 0 Å². The largest absolute Gasteiger partial charge is 0.453 e. The van der Waals surface area contributed by atoms with Crippen LogP contribution in [0.5, 0.6) is 0 Å². The van der Waals surface area contributed by atoms with E-state index >= 15 is 0 Å². The molecule has 0 aliphatic heterocycles. The highest BCUT2D eigenvalue weighted by atomic mass is 16.5. The Hall–Kier alpha value is -1.71. The molecule has 0 radical (unpaired) electrons. The summed E-state index contributed by atoms with van der Waals surface area (Å²) in [4.78, 5) is 11.1. The molecule has 0 aromatic heterocycles. The summed E-state index contributed by atoms with van der Waals surface area (Å²) in [6.07, 6.45) is 4.51. The highest BCUT2D eigenvalue weighted by Gasteiger charge is 2.00. The van der Waals surface area contributed by atoms with Gasteiger partial charge in [-0.25, -0.2) is 4.79 Å². The summed E-state index contributed by atoms with van der Waals surface area (Å²) in [5, 5.41) is 5.98. The Labute approximate surface area is 109 Å².